The van der Waals surface area contributed by atoms with Crippen LogP contribution in [0.3, 0.4) is 0 Å². The highest BCUT2D eigenvalue weighted by atomic mass is 32.2. The number of carbonyl (C=O) groups excluding carboxylic acids is 1. The van der Waals surface area contributed by atoms with Crippen LogP contribution in [-0.2, 0) is 23.3 Å². The lowest BCUT2D eigenvalue weighted by atomic mass is 9.95. The van der Waals surface area contributed by atoms with Crippen molar-refractivity contribution in [3.05, 3.63) is 26.6 Å². The zero-order valence-corrected chi connectivity index (χ0v) is 16.7. The number of hydrogen-bond acceptors (Lipinski definition) is 6. The fraction of sp³-hybridized carbons (Fsp3) is 0.632. The van der Waals surface area contributed by atoms with Gasteiger partial charge < -0.3 is 4.74 Å². The van der Waals surface area contributed by atoms with Crippen molar-refractivity contribution in [1.82, 2.24) is 9.55 Å². The van der Waals surface area contributed by atoms with Crippen molar-refractivity contribution in [3.8, 4) is 0 Å². The minimum absolute atomic E-state index is 0.142. The molecular weight excluding hydrogens is 368 g/mol. The van der Waals surface area contributed by atoms with Gasteiger partial charge in [-0.2, -0.15) is 4.98 Å². The molecule has 2 heterocycles. The first kappa shape index (κ1) is 18.0. The lowest BCUT2D eigenvalue weighted by molar-refractivity contribution is 0.181. The molecule has 1 saturated carbocycles. The minimum atomic E-state index is -0.303. The van der Waals surface area contributed by atoms with Crippen LogP contribution in [0.4, 0.5) is 4.79 Å². The summed E-state index contributed by atoms with van der Waals surface area (Å²) in [6, 6.07) is 0.275. The molecule has 0 radical (unpaired) electrons. The zero-order chi connectivity index (χ0) is 18.1. The summed E-state index contributed by atoms with van der Waals surface area (Å²) in [5, 5.41) is -0.303. The highest BCUT2D eigenvalue weighted by molar-refractivity contribution is 8.12. The molecule has 2 aliphatic rings. The molecule has 4 rings (SSSR count). The maximum atomic E-state index is 13.0. The van der Waals surface area contributed by atoms with Crippen LogP contribution in [0.25, 0.3) is 10.2 Å². The van der Waals surface area contributed by atoms with Gasteiger partial charge in [-0.3, -0.25) is 4.57 Å². The number of aryl methyl sites for hydroxylation is 2. The van der Waals surface area contributed by atoms with Crippen molar-refractivity contribution in [3.63, 3.8) is 0 Å². The third-order valence-corrected chi connectivity index (χ3v) is 7.46. The van der Waals surface area contributed by atoms with E-state index in [9.17, 15) is 9.59 Å². The van der Waals surface area contributed by atoms with Gasteiger partial charge in [0, 0.05) is 16.7 Å². The maximum Gasteiger partial charge on any atom is 0.367 e. The Bertz CT molecular complexity index is 881. The summed E-state index contributed by atoms with van der Waals surface area (Å²) in [5.41, 5.74) is 3.08. The Kier molecular flexibility index (Phi) is 5.36. The molecule has 140 valence electrons. The van der Waals surface area contributed by atoms with Crippen molar-refractivity contribution >= 4 is 38.6 Å². The number of thioether (sulfide) groups is 1. The summed E-state index contributed by atoms with van der Waals surface area (Å²) in [6.07, 6.45) is 9.09. The van der Waals surface area contributed by atoms with Crippen LogP contribution in [0.15, 0.2) is 4.79 Å². The Labute approximate surface area is 161 Å². The summed E-state index contributed by atoms with van der Waals surface area (Å²) < 4.78 is 8.10. The maximum absolute atomic E-state index is 13.0. The van der Waals surface area contributed by atoms with E-state index in [4.69, 9.17) is 4.74 Å². The largest absolute Gasteiger partial charge is 0.458 e. The van der Waals surface area contributed by atoms with E-state index in [1.165, 1.54) is 36.1 Å². The molecule has 0 N–H and O–H groups in total. The number of fused-ring (bicyclic) bond motifs is 3. The van der Waals surface area contributed by atoms with Crippen LogP contribution in [0.2, 0.25) is 0 Å². The molecule has 1 fully saturated rings. The number of carbonyl (C=O) groups is 1. The van der Waals surface area contributed by atoms with Gasteiger partial charge >= 0.3 is 11.0 Å². The van der Waals surface area contributed by atoms with Gasteiger partial charge in [-0.1, -0.05) is 19.3 Å². The lowest BCUT2D eigenvalue weighted by Gasteiger charge is -2.25. The van der Waals surface area contributed by atoms with E-state index in [0.717, 1.165) is 53.4 Å². The third-order valence-electron chi connectivity index (χ3n) is 5.36. The van der Waals surface area contributed by atoms with Gasteiger partial charge in [0.15, 0.2) is 0 Å². The molecule has 0 unspecified atom stereocenters. The Morgan fingerprint density at radius 1 is 1.27 bits per heavy atom. The summed E-state index contributed by atoms with van der Waals surface area (Å²) in [6.45, 7) is 2.16. The Morgan fingerprint density at radius 3 is 2.85 bits per heavy atom. The monoisotopic (exact) mass is 392 g/mol. The van der Waals surface area contributed by atoms with Crippen molar-refractivity contribution in [1.29, 1.82) is 0 Å². The van der Waals surface area contributed by atoms with Gasteiger partial charge in [0.2, 0.25) is 0 Å². The van der Waals surface area contributed by atoms with Gasteiger partial charge in [-0.25, -0.2) is 9.59 Å². The van der Waals surface area contributed by atoms with E-state index in [1.54, 1.807) is 18.3 Å². The van der Waals surface area contributed by atoms with E-state index in [-0.39, 0.29) is 17.0 Å². The summed E-state index contributed by atoms with van der Waals surface area (Å²) >= 11 is 2.87. The molecule has 2 aromatic heterocycles. The third kappa shape index (κ3) is 3.31. The van der Waals surface area contributed by atoms with Crippen molar-refractivity contribution < 1.29 is 9.53 Å². The van der Waals surface area contributed by atoms with Crippen molar-refractivity contribution in [2.75, 3.05) is 6.61 Å². The second kappa shape index (κ2) is 7.72. The van der Waals surface area contributed by atoms with Crippen LogP contribution in [0.5, 0.6) is 0 Å². The van der Waals surface area contributed by atoms with Crippen molar-refractivity contribution in [2.24, 2.45) is 0 Å². The van der Waals surface area contributed by atoms with Crippen LogP contribution in [0, 0.1) is 0 Å². The molecule has 7 heteroatoms. The molecule has 26 heavy (non-hydrogen) atoms. The minimum Gasteiger partial charge on any atom is -0.458 e. The number of nitrogens with zero attached hydrogens (tertiary/aromatic N) is 2. The first-order valence-corrected chi connectivity index (χ1v) is 11.3. The molecule has 2 aliphatic carbocycles. The number of rotatable bonds is 4. The molecule has 5 nitrogen and oxygen atoms in total. The quantitative estimate of drug-likeness (QED) is 0.697. The standard InChI is InChI=1S/C19H24N2O3S2/c1-2-24-19(23)25-11-14-17-16(13-9-6-10-15(13)26-17)21(18(22)20-14)12-7-4-3-5-8-12/h12H,2-11H2,1H3. The second-order valence-corrected chi connectivity index (χ2v) is 9.03. The van der Waals surface area contributed by atoms with E-state index < -0.39 is 0 Å². The van der Waals surface area contributed by atoms with Gasteiger partial charge in [-0.05, 0) is 56.4 Å². The smallest absolute Gasteiger partial charge is 0.367 e. The van der Waals surface area contributed by atoms with E-state index in [0.29, 0.717) is 12.4 Å². The average Bonchev–Trinajstić information content (AvgIpc) is 3.23. The van der Waals surface area contributed by atoms with Gasteiger partial charge in [-0.15, -0.1) is 11.3 Å². The molecule has 0 spiro atoms. The first-order valence-electron chi connectivity index (χ1n) is 9.54. The van der Waals surface area contributed by atoms with Crippen LogP contribution in [0.1, 0.15) is 67.6 Å². The highest BCUT2D eigenvalue weighted by Crippen LogP contribution is 2.41. The summed E-state index contributed by atoms with van der Waals surface area (Å²) in [7, 11) is 0. The molecule has 0 atom stereocenters. The number of thiophene rings is 1. The predicted octanol–water partition coefficient (Wildman–Crippen LogP) is 4.84. The molecule has 0 aromatic carbocycles. The number of hydrogen-bond donors (Lipinski definition) is 0. The normalized spacial score (nSPS) is 17.6. The molecule has 0 saturated heterocycles. The topological polar surface area (TPSA) is 61.2 Å². The Balaban J connectivity index is 1.78. The lowest BCUT2D eigenvalue weighted by Crippen LogP contribution is -2.29. The fourth-order valence-corrected chi connectivity index (χ4v) is 6.34. The van der Waals surface area contributed by atoms with E-state index >= 15 is 0 Å². The zero-order valence-electron chi connectivity index (χ0n) is 15.1. The van der Waals surface area contributed by atoms with Gasteiger partial charge in [0.25, 0.3) is 0 Å². The highest BCUT2D eigenvalue weighted by Gasteiger charge is 2.27. The SMILES string of the molecule is CCOC(=O)SCc1nc(=O)n(C2CCCCC2)c2c3c(sc12)CCC3. The van der Waals surface area contributed by atoms with Crippen LogP contribution >= 0.6 is 23.1 Å². The second-order valence-electron chi connectivity index (χ2n) is 7.01. The predicted molar refractivity (Wildman–Crippen MR) is 106 cm³/mol. The Hall–Kier alpha value is -1.34. The van der Waals surface area contributed by atoms with Crippen molar-refractivity contribution in [2.45, 2.75) is 70.1 Å². The Morgan fingerprint density at radius 2 is 2.08 bits per heavy atom. The molecule has 2 aromatic rings. The number of aromatic nitrogens is 2. The molecule has 0 amide bonds. The molecular formula is C19H24N2O3S2. The summed E-state index contributed by atoms with van der Waals surface area (Å²) in [5.74, 6) is 0.398. The van der Waals surface area contributed by atoms with Crippen LogP contribution in [-0.4, -0.2) is 21.5 Å². The fourth-order valence-electron chi connectivity index (χ4n) is 4.22. The van der Waals surface area contributed by atoms with E-state index in [1.807, 2.05) is 4.57 Å². The summed E-state index contributed by atoms with van der Waals surface area (Å²) in [4.78, 5) is 30.5. The van der Waals surface area contributed by atoms with E-state index in [2.05, 4.69) is 4.98 Å². The van der Waals surface area contributed by atoms with Gasteiger partial charge in [0.05, 0.1) is 22.5 Å². The molecule has 0 aliphatic heterocycles. The molecule has 0 bridgehead atoms. The van der Waals surface area contributed by atoms with Crippen LogP contribution < -0.4 is 5.69 Å². The average molecular weight is 393 g/mol. The first-order chi connectivity index (χ1) is 12.7. The van der Waals surface area contributed by atoms with Gasteiger partial charge in [0.1, 0.15) is 0 Å². The number of ether oxygens (including phenoxy) is 1.